The van der Waals surface area contributed by atoms with Crippen molar-refractivity contribution in [3.63, 3.8) is 0 Å². The summed E-state index contributed by atoms with van der Waals surface area (Å²) in [5.74, 6) is -0.742. The van der Waals surface area contributed by atoms with Gasteiger partial charge < -0.3 is 9.64 Å². The number of nitrogens with one attached hydrogen (secondary N) is 1. The summed E-state index contributed by atoms with van der Waals surface area (Å²) in [5.41, 5.74) is 1.40. The fourth-order valence-corrected chi connectivity index (χ4v) is 3.55. The monoisotopic (exact) mass is 399 g/mol. The number of hydrogen-bond donors (Lipinski definition) is 1. The van der Waals surface area contributed by atoms with Crippen LogP contribution in [-0.4, -0.2) is 58.3 Å². The van der Waals surface area contributed by atoms with Crippen LogP contribution in [0.3, 0.4) is 0 Å². The highest BCUT2D eigenvalue weighted by atomic mass is 19.1. The van der Waals surface area contributed by atoms with E-state index in [4.69, 9.17) is 4.74 Å². The molecule has 3 aromatic rings. The molecule has 4 rings (SSSR count). The van der Waals surface area contributed by atoms with E-state index in [9.17, 15) is 14.0 Å². The van der Waals surface area contributed by atoms with Crippen molar-refractivity contribution in [1.29, 1.82) is 0 Å². The van der Waals surface area contributed by atoms with Gasteiger partial charge in [-0.1, -0.05) is 12.1 Å². The molecule has 1 aliphatic rings. The van der Waals surface area contributed by atoms with E-state index in [2.05, 4.69) is 15.0 Å². The molecule has 29 heavy (non-hydrogen) atoms. The van der Waals surface area contributed by atoms with Crippen molar-refractivity contribution in [2.45, 2.75) is 13.5 Å². The van der Waals surface area contributed by atoms with Gasteiger partial charge in [-0.2, -0.15) is 0 Å². The standard InChI is InChI=1S/C20H22FN5O3/c1-2-29-20(28)15-12-22-26-18(27)11-14(23-19(15)26)13-24-7-9-25(10-8-24)17-6-4-3-5-16(17)21/h3-6,11-12,22H,2,7-10,13H2,1H3. The minimum absolute atomic E-state index is 0.222. The number of anilines is 1. The van der Waals surface area contributed by atoms with Gasteiger partial charge in [0.05, 0.1) is 18.0 Å². The summed E-state index contributed by atoms with van der Waals surface area (Å²) in [6.45, 7) is 5.23. The van der Waals surface area contributed by atoms with E-state index >= 15 is 0 Å². The van der Waals surface area contributed by atoms with E-state index in [0.29, 0.717) is 44.1 Å². The van der Waals surface area contributed by atoms with Crippen LogP contribution < -0.4 is 10.5 Å². The first kappa shape index (κ1) is 19.1. The van der Waals surface area contributed by atoms with E-state index in [1.165, 1.54) is 22.8 Å². The number of rotatable bonds is 5. The molecule has 0 amide bonds. The van der Waals surface area contributed by atoms with Crippen molar-refractivity contribution in [1.82, 2.24) is 19.5 Å². The average molecular weight is 399 g/mol. The first-order chi connectivity index (χ1) is 14.1. The van der Waals surface area contributed by atoms with Gasteiger partial charge in [-0.15, -0.1) is 0 Å². The molecular formula is C20H22FN5O3. The quantitative estimate of drug-likeness (QED) is 0.657. The normalized spacial score (nSPS) is 15.0. The number of piperazine rings is 1. The minimum Gasteiger partial charge on any atom is -0.462 e. The van der Waals surface area contributed by atoms with Gasteiger partial charge in [-0.25, -0.2) is 18.7 Å². The topological polar surface area (TPSA) is 82.9 Å². The molecule has 0 spiro atoms. The lowest BCUT2D eigenvalue weighted by Gasteiger charge is -2.36. The molecule has 3 heterocycles. The van der Waals surface area contributed by atoms with Crippen LogP contribution in [0.2, 0.25) is 0 Å². The second-order valence-corrected chi connectivity index (χ2v) is 6.87. The first-order valence-electron chi connectivity index (χ1n) is 9.56. The molecule has 0 bridgehead atoms. The predicted molar refractivity (Wildman–Crippen MR) is 106 cm³/mol. The number of hydrogen-bond acceptors (Lipinski definition) is 6. The molecule has 9 heteroatoms. The van der Waals surface area contributed by atoms with Gasteiger partial charge in [0.25, 0.3) is 5.56 Å². The summed E-state index contributed by atoms with van der Waals surface area (Å²) in [5, 5.41) is 2.74. The molecule has 0 unspecified atom stereocenters. The number of ether oxygens (including phenoxy) is 1. The van der Waals surface area contributed by atoms with Gasteiger partial charge in [0, 0.05) is 45.0 Å². The molecule has 0 saturated carbocycles. The SMILES string of the molecule is CCOC(=O)c1c[nH]n2c(=O)cc(CN3CCN(c4ccccc4F)CC3)nc12. The molecule has 8 nitrogen and oxygen atoms in total. The van der Waals surface area contributed by atoms with E-state index in [0.717, 1.165) is 0 Å². The molecular weight excluding hydrogens is 377 g/mol. The summed E-state index contributed by atoms with van der Waals surface area (Å²) >= 11 is 0. The second-order valence-electron chi connectivity index (χ2n) is 6.87. The Kier molecular flexibility index (Phi) is 5.30. The molecule has 1 saturated heterocycles. The van der Waals surface area contributed by atoms with E-state index in [1.54, 1.807) is 19.1 Å². The number of benzene rings is 1. The summed E-state index contributed by atoms with van der Waals surface area (Å²) in [6.07, 6.45) is 1.43. The number of H-pyrrole nitrogens is 1. The maximum Gasteiger partial charge on any atom is 0.343 e. The zero-order valence-corrected chi connectivity index (χ0v) is 16.1. The second kappa shape index (κ2) is 8.04. The van der Waals surface area contributed by atoms with Crippen LogP contribution in [0.5, 0.6) is 0 Å². The molecule has 2 aromatic heterocycles. The van der Waals surface area contributed by atoms with Crippen LogP contribution >= 0.6 is 0 Å². The third-order valence-electron chi connectivity index (χ3n) is 5.00. The van der Waals surface area contributed by atoms with Gasteiger partial charge in [0.15, 0.2) is 5.65 Å². The average Bonchev–Trinajstić information content (AvgIpc) is 3.14. The minimum atomic E-state index is -0.520. The molecule has 1 aromatic carbocycles. The predicted octanol–water partition coefficient (Wildman–Crippen LogP) is 1.66. The largest absolute Gasteiger partial charge is 0.462 e. The van der Waals surface area contributed by atoms with Crippen LogP contribution in [-0.2, 0) is 11.3 Å². The van der Waals surface area contributed by atoms with Crippen molar-refractivity contribution < 1.29 is 13.9 Å². The van der Waals surface area contributed by atoms with Crippen molar-refractivity contribution in [3.8, 4) is 0 Å². The van der Waals surface area contributed by atoms with Gasteiger partial charge in [-0.3, -0.25) is 14.8 Å². The lowest BCUT2D eigenvalue weighted by Crippen LogP contribution is -2.46. The van der Waals surface area contributed by atoms with Gasteiger partial charge >= 0.3 is 5.97 Å². The summed E-state index contributed by atoms with van der Waals surface area (Å²) in [4.78, 5) is 33.1. The summed E-state index contributed by atoms with van der Waals surface area (Å²) in [7, 11) is 0. The molecule has 1 aliphatic heterocycles. The van der Waals surface area contributed by atoms with E-state index < -0.39 is 5.97 Å². The Hall–Kier alpha value is -3.20. The van der Waals surface area contributed by atoms with Crippen LogP contribution in [0.4, 0.5) is 10.1 Å². The Morgan fingerprint density at radius 3 is 2.72 bits per heavy atom. The zero-order chi connectivity index (χ0) is 20.4. The third kappa shape index (κ3) is 3.86. The Bertz CT molecular complexity index is 1090. The number of para-hydroxylation sites is 1. The molecule has 152 valence electrons. The number of fused-ring (bicyclic) bond motifs is 1. The highest BCUT2D eigenvalue weighted by Crippen LogP contribution is 2.20. The molecule has 0 atom stereocenters. The van der Waals surface area contributed by atoms with Gasteiger partial charge in [0.1, 0.15) is 11.4 Å². The zero-order valence-electron chi connectivity index (χ0n) is 16.1. The van der Waals surface area contributed by atoms with Crippen LogP contribution in [0, 0.1) is 5.82 Å². The number of nitrogens with zero attached hydrogens (tertiary/aromatic N) is 4. The Morgan fingerprint density at radius 2 is 2.00 bits per heavy atom. The fourth-order valence-electron chi connectivity index (χ4n) is 3.55. The summed E-state index contributed by atoms with van der Waals surface area (Å²) < 4.78 is 20.2. The summed E-state index contributed by atoms with van der Waals surface area (Å²) in [6, 6.07) is 8.22. The maximum absolute atomic E-state index is 14.0. The van der Waals surface area contributed by atoms with Crippen LogP contribution in [0.15, 0.2) is 41.3 Å². The number of carbonyl (C=O) groups excluding carboxylic acids is 1. The number of aromatic nitrogens is 3. The third-order valence-corrected chi connectivity index (χ3v) is 5.00. The van der Waals surface area contributed by atoms with Crippen LogP contribution in [0.25, 0.3) is 5.65 Å². The maximum atomic E-state index is 14.0. The lowest BCUT2D eigenvalue weighted by atomic mass is 10.2. The molecule has 1 N–H and O–H groups in total. The Labute approximate surface area is 166 Å². The van der Waals surface area contributed by atoms with Crippen LogP contribution in [0.1, 0.15) is 23.0 Å². The Balaban J connectivity index is 1.49. The van der Waals surface area contributed by atoms with Crippen molar-refractivity contribution in [2.24, 2.45) is 0 Å². The van der Waals surface area contributed by atoms with Crippen molar-refractivity contribution in [2.75, 3.05) is 37.7 Å². The Morgan fingerprint density at radius 1 is 1.24 bits per heavy atom. The molecule has 0 radical (unpaired) electrons. The van der Waals surface area contributed by atoms with Crippen molar-refractivity contribution in [3.05, 3.63) is 64.0 Å². The van der Waals surface area contributed by atoms with E-state index in [-0.39, 0.29) is 29.2 Å². The number of esters is 1. The lowest BCUT2D eigenvalue weighted by molar-refractivity contribution is 0.0528. The van der Waals surface area contributed by atoms with Crippen molar-refractivity contribution >= 4 is 17.3 Å². The molecule has 0 aliphatic carbocycles. The van der Waals surface area contributed by atoms with Gasteiger partial charge in [0.2, 0.25) is 0 Å². The van der Waals surface area contributed by atoms with E-state index in [1.807, 2.05) is 11.0 Å². The number of halogens is 1. The van der Waals surface area contributed by atoms with Gasteiger partial charge in [-0.05, 0) is 19.1 Å². The molecule has 1 fully saturated rings. The number of aromatic amines is 1. The smallest absolute Gasteiger partial charge is 0.343 e. The highest BCUT2D eigenvalue weighted by Gasteiger charge is 2.21. The number of carbonyl (C=O) groups is 1. The highest BCUT2D eigenvalue weighted by molar-refractivity contribution is 5.95. The first-order valence-corrected chi connectivity index (χ1v) is 9.56. The fraction of sp³-hybridized carbons (Fsp3) is 0.350.